The van der Waals surface area contributed by atoms with Crippen LogP contribution in [0.5, 0.6) is 0 Å². The normalized spacial score (nSPS) is 10.3. The third kappa shape index (κ3) is 2.91. The average Bonchev–Trinajstić information content (AvgIpc) is 2.36. The molecule has 4 heteroatoms. The van der Waals surface area contributed by atoms with Gasteiger partial charge in [-0.25, -0.2) is 4.98 Å². The molecule has 0 fully saturated rings. The molecule has 4 nitrogen and oxygen atoms in total. The van der Waals surface area contributed by atoms with Crippen molar-refractivity contribution in [1.82, 2.24) is 4.98 Å². The van der Waals surface area contributed by atoms with Crippen LogP contribution in [0.2, 0.25) is 0 Å². The van der Waals surface area contributed by atoms with Crippen LogP contribution < -0.4 is 16.8 Å². The van der Waals surface area contributed by atoms with E-state index >= 15 is 0 Å². The summed E-state index contributed by atoms with van der Waals surface area (Å²) in [5.74, 6) is 1.13. The minimum atomic E-state index is 0.371. The molecule has 1 aromatic heterocycles. The Balaban J connectivity index is 1.92. The second kappa shape index (κ2) is 5.40. The van der Waals surface area contributed by atoms with E-state index < -0.39 is 0 Å². The number of hydrogen-bond acceptors (Lipinski definition) is 4. The molecule has 0 atom stereocenters. The molecule has 0 aliphatic carbocycles. The first-order valence-corrected chi connectivity index (χ1v) is 5.97. The Bertz CT molecular complexity index is 537. The van der Waals surface area contributed by atoms with E-state index in [9.17, 15) is 0 Å². The Morgan fingerprint density at radius 3 is 2.61 bits per heavy atom. The van der Waals surface area contributed by atoms with Gasteiger partial charge in [0.25, 0.3) is 0 Å². The monoisotopic (exact) mass is 242 g/mol. The second-order valence-electron chi connectivity index (χ2n) is 4.27. The molecule has 0 saturated heterocycles. The van der Waals surface area contributed by atoms with E-state index in [1.165, 1.54) is 11.1 Å². The fourth-order valence-corrected chi connectivity index (χ4v) is 1.80. The van der Waals surface area contributed by atoms with Crippen LogP contribution >= 0.6 is 0 Å². The van der Waals surface area contributed by atoms with Crippen LogP contribution in [0.4, 0.5) is 17.3 Å². The van der Waals surface area contributed by atoms with Crippen LogP contribution in [0.3, 0.4) is 0 Å². The number of benzene rings is 1. The first kappa shape index (κ1) is 12.2. The molecule has 0 aliphatic heterocycles. The number of aromatic nitrogens is 1. The number of nitrogens with zero attached hydrogens (tertiary/aromatic N) is 1. The molecule has 0 bridgehead atoms. The Labute approximate surface area is 107 Å². The first-order valence-electron chi connectivity index (χ1n) is 5.97. The highest BCUT2D eigenvalue weighted by molar-refractivity contribution is 5.61. The zero-order valence-electron chi connectivity index (χ0n) is 10.5. The largest absolute Gasteiger partial charge is 0.396 e. The van der Waals surface area contributed by atoms with Gasteiger partial charge in [-0.1, -0.05) is 24.3 Å². The lowest BCUT2D eigenvalue weighted by atomic mass is 10.1. The highest BCUT2D eigenvalue weighted by Crippen LogP contribution is 2.15. The minimum Gasteiger partial charge on any atom is -0.396 e. The van der Waals surface area contributed by atoms with Crippen molar-refractivity contribution < 1.29 is 0 Å². The van der Waals surface area contributed by atoms with Gasteiger partial charge in [0.1, 0.15) is 11.6 Å². The summed E-state index contributed by atoms with van der Waals surface area (Å²) in [5, 5.41) is 3.24. The van der Waals surface area contributed by atoms with Crippen LogP contribution in [0, 0.1) is 6.92 Å². The fourth-order valence-electron chi connectivity index (χ4n) is 1.80. The maximum Gasteiger partial charge on any atom is 0.149 e. The zero-order chi connectivity index (χ0) is 13.0. The molecular formula is C14H18N4. The van der Waals surface area contributed by atoms with Gasteiger partial charge in [0.05, 0.1) is 5.69 Å². The summed E-state index contributed by atoms with van der Waals surface area (Å²) in [6.07, 6.45) is 0.957. The highest BCUT2D eigenvalue weighted by atomic mass is 15.0. The SMILES string of the molecule is Cc1ccccc1CCNc1ccc(N)c(N)n1. The van der Waals surface area contributed by atoms with Gasteiger partial charge >= 0.3 is 0 Å². The Hall–Kier alpha value is -2.23. The van der Waals surface area contributed by atoms with E-state index in [2.05, 4.69) is 41.5 Å². The summed E-state index contributed by atoms with van der Waals surface area (Å²) in [7, 11) is 0. The third-order valence-electron chi connectivity index (χ3n) is 2.92. The molecule has 0 radical (unpaired) electrons. The molecule has 5 N–H and O–H groups in total. The van der Waals surface area contributed by atoms with Crippen LogP contribution in [0.1, 0.15) is 11.1 Å². The molecule has 1 heterocycles. The molecule has 0 saturated carbocycles. The number of nitrogens with one attached hydrogen (secondary N) is 1. The van der Waals surface area contributed by atoms with E-state index in [1.54, 1.807) is 6.07 Å². The molecule has 94 valence electrons. The number of rotatable bonds is 4. The lowest BCUT2D eigenvalue weighted by Crippen LogP contribution is -2.08. The molecule has 18 heavy (non-hydrogen) atoms. The summed E-state index contributed by atoms with van der Waals surface area (Å²) in [6.45, 7) is 2.94. The number of nitrogens with two attached hydrogens (primary N) is 2. The number of pyridine rings is 1. The summed E-state index contributed by atoms with van der Waals surface area (Å²) < 4.78 is 0. The molecule has 0 amide bonds. The van der Waals surface area contributed by atoms with Gasteiger partial charge in [-0.05, 0) is 36.6 Å². The first-order chi connectivity index (χ1) is 8.66. The van der Waals surface area contributed by atoms with Crippen molar-refractivity contribution in [3.63, 3.8) is 0 Å². The van der Waals surface area contributed by atoms with E-state index in [-0.39, 0.29) is 0 Å². The lowest BCUT2D eigenvalue weighted by Gasteiger charge is -2.08. The Kier molecular flexibility index (Phi) is 3.67. The fraction of sp³-hybridized carbons (Fsp3) is 0.214. The number of nitrogen functional groups attached to an aromatic ring is 2. The lowest BCUT2D eigenvalue weighted by molar-refractivity contribution is 0.995. The van der Waals surface area contributed by atoms with E-state index in [1.807, 2.05) is 6.07 Å². The predicted octanol–water partition coefficient (Wildman–Crippen LogP) is 2.21. The number of anilines is 3. The molecular weight excluding hydrogens is 224 g/mol. The van der Waals surface area contributed by atoms with Crippen molar-refractivity contribution in [3.8, 4) is 0 Å². The maximum absolute atomic E-state index is 5.65. The second-order valence-corrected chi connectivity index (χ2v) is 4.27. The predicted molar refractivity (Wildman–Crippen MR) is 76.4 cm³/mol. The summed E-state index contributed by atoms with van der Waals surface area (Å²) in [5.41, 5.74) is 14.4. The van der Waals surface area contributed by atoms with Gasteiger partial charge < -0.3 is 16.8 Å². The Morgan fingerprint density at radius 2 is 1.89 bits per heavy atom. The van der Waals surface area contributed by atoms with Gasteiger partial charge in [0, 0.05) is 6.54 Å². The molecule has 1 aromatic carbocycles. The Morgan fingerprint density at radius 1 is 1.11 bits per heavy atom. The zero-order valence-corrected chi connectivity index (χ0v) is 10.5. The van der Waals surface area contributed by atoms with Crippen LogP contribution in [-0.2, 0) is 6.42 Å². The standard InChI is InChI=1S/C14H18N4/c1-10-4-2-3-5-11(10)8-9-17-13-7-6-12(15)14(16)18-13/h2-7H,8-9,15H2,1H3,(H3,16,17,18). The molecule has 0 aliphatic rings. The molecule has 2 aromatic rings. The van der Waals surface area contributed by atoms with Crippen molar-refractivity contribution in [3.05, 3.63) is 47.5 Å². The van der Waals surface area contributed by atoms with Gasteiger partial charge in [-0.15, -0.1) is 0 Å². The van der Waals surface area contributed by atoms with Crippen molar-refractivity contribution in [1.29, 1.82) is 0 Å². The van der Waals surface area contributed by atoms with Crippen LogP contribution in [0.25, 0.3) is 0 Å². The molecule has 0 spiro atoms. The van der Waals surface area contributed by atoms with Gasteiger partial charge in [-0.2, -0.15) is 0 Å². The van der Waals surface area contributed by atoms with Crippen molar-refractivity contribution in [2.24, 2.45) is 0 Å². The van der Waals surface area contributed by atoms with Gasteiger partial charge in [-0.3, -0.25) is 0 Å². The van der Waals surface area contributed by atoms with Gasteiger partial charge in [0.15, 0.2) is 0 Å². The summed E-state index contributed by atoms with van der Waals surface area (Å²) in [6, 6.07) is 12.0. The summed E-state index contributed by atoms with van der Waals surface area (Å²) in [4.78, 5) is 4.17. The van der Waals surface area contributed by atoms with E-state index in [4.69, 9.17) is 11.5 Å². The van der Waals surface area contributed by atoms with Crippen molar-refractivity contribution >= 4 is 17.3 Å². The summed E-state index contributed by atoms with van der Waals surface area (Å²) >= 11 is 0. The van der Waals surface area contributed by atoms with Gasteiger partial charge in [0.2, 0.25) is 0 Å². The number of aryl methyl sites for hydroxylation is 1. The van der Waals surface area contributed by atoms with E-state index in [0.717, 1.165) is 18.8 Å². The third-order valence-corrected chi connectivity index (χ3v) is 2.92. The van der Waals surface area contributed by atoms with E-state index in [0.29, 0.717) is 11.5 Å². The van der Waals surface area contributed by atoms with Crippen LogP contribution in [0.15, 0.2) is 36.4 Å². The molecule has 0 unspecified atom stereocenters. The van der Waals surface area contributed by atoms with Crippen LogP contribution in [-0.4, -0.2) is 11.5 Å². The smallest absolute Gasteiger partial charge is 0.149 e. The highest BCUT2D eigenvalue weighted by Gasteiger charge is 2.00. The topological polar surface area (TPSA) is 77.0 Å². The van der Waals surface area contributed by atoms with Crippen molar-refractivity contribution in [2.75, 3.05) is 23.3 Å². The van der Waals surface area contributed by atoms with Crippen molar-refractivity contribution in [2.45, 2.75) is 13.3 Å². The minimum absolute atomic E-state index is 0.371. The average molecular weight is 242 g/mol. The quantitative estimate of drug-likeness (QED) is 0.768. The maximum atomic E-state index is 5.65. The molecule has 2 rings (SSSR count). The number of hydrogen-bond donors (Lipinski definition) is 3.